The van der Waals surface area contributed by atoms with Crippen molar-refractivity contribution in [3.05, 3.63) is 59.7 Å². The number of hydrogen-bond acceptors (Lipinski definition) is 4. The van der Waals surface area contributed by atoms with E-state index < -0.39 is 21.7 Å². The van der Waals surface area contributed by atoms with Crippen LogP contribution in [0.3, 0.4) is 0 Å². The molecule has 0 radical (unpaired) electrons. The fourth-order valence-electron chi connectivity index (χ4n) is 3.56. The van der Waals surface area contributed by atoms with Crippen molar-refractivity contribution < 1.29 is 26.7 Å². The fraction of sp³-hybridized carbons (Fsp3) is 0.409. The van der Waals surface area contributed by atoms with Gasteiger partial charge in [-0.3, -0.25) is 4.79 Å². The number of hydrogen-bond donors (Lipinski definition) is 0. The third-order valence-corrected chi connectivity index (χ3v) is 7.29. The molecule has 2 aromatic carbocycles. The smallest absolute Gasteiger partial charge is 0.243 e. The molecule has 31 heavy (non-hydrogen) atoms. The van der Waals surface area contributed by atoms with Gasteiger partial charge in [0.25, 0.3) is 0 Å². The van der Waals surface area contributed by atoms with Gasteiger partial charge < -0.3 is 9.64 Å². The van der Waals surface area contributed by atoms with Crippen LogP contribution in [0.1, 0.15) is 18.4 Å². The first-order valence-corrected chi connectivity index (χ1v) is 11.5. The predicted octanol–water partition coefficient (Wildman–Crippen LogP) is 3.21. The number of likely N-dealkylation sites (N-methyl/N-ethyl adjacent to an activating group) is 1. The molecule has 1 aliphatic heterocycles. The number of halogens is 2. The highest BCUT2D eigenvalue weighted by molar-refractivity contribution is 7.89. The Labute approximate surface area is 181 Å². The molecule has 0 aromatic heterocycles. The monoisotopic (exact) mass is 452 g/mol. The number of carbonyl (C=O) groups excluding carboxylic acids is 1. The van der Waals surface area contributed by atoms with Gasteiger partial charge in [0, 0.05) is 26.1 Å². The highest BCUT2D eigenvalue weighted by atomic mass is 32.2. The molecular formula is C22H26F2N2O4S. The maximum absolute atomic E-state index is 13.4. The van der Waals surface area contributed by atoms with Gasteiger partial charge in [-0.1, -0.05) is 12.1 Å². The Balaban J connectivity index is 1.51. The lowest BCUT2D eigenvalue weighted by Crippen LogP contribution is -2.44. The number of nitrogens with zero attached hydrogens (tertiary/aromatic N) is 2. The van der Waals surface area contributed by atoms with E-state index in [0.29, 0.717) is 32.1 Å². The molecule has 9 heteroatoms. The van der Waals surface area contributed by atoms with Gasteiger partial charge in [0.1, 0.15) is 12.4 Å². The number of benzene rings is 2. The van der Waals surface area contributed by atoms with E-state index in [1.54, 1.807) is 11.9 Å². The van der Waals surface area contributed by atoms with Crippen molar-refractivity contribution >= 4 is 15.9 Å². The molecule has 1 fully saturated rings. The summed E-state index contributed by atoms with van der Waals surface area (Å²) in [6, 6.07) is 10.2. The van der Waals surface area contributed by atoms with Gasteiger partial charge >= 0.3 is 0 Å². The number of ether oxygens (including phenoxy) is 1. The van der Waals surface area contributed by atoms with Gasteiger partial charge in [0.15, 0.2) is 11.6 Å². The zero-order valence-electron chi connectivity index (χ0n) is 17.6. The first-order chi connectivity index (χ1) is 14.7. The Morgan fingerprint density at radius 3 is 2.48 bits per heavy atom. The second-order valence-electron chi connectivity index (χ2n) is 7.68. The topological polar surface area (TPSA) is 66.9 Å². The lowest BCUT2D eigenvalue weighted by Gasteiger charge is -2.32. The third kappa shape index (κ3) is 5.59. The van der Waals surface area contributed by atoms with E-state index in [1.165, 1.54) is 4.31 Å². The Bertz CT molecular complexity index is 1040. The van der Waals surface area contributed by atoms with Gasteiger partial charge in [-0.15, -0.1) is 0 Å². The quantitative estimate of drug-likeness (QED) is 0.647. The van der Waals surface area contributed by atoms with Crippen molar-refractivity contribution in [2.75, 3.05) is 33.3 Å². The summed E-state index contributed by atoms with van der Waals surface area (Å²) in [5.74, 6) is -1.91. The molecule has 0 bridgehead atoms. The zero-order chi connectivity index (χ0) is 22.6. The second kappa shape index (κ2) is 9.74. The van der Waals surface area contributed by atoms with Crippen LogP contribution in [0.25, 0.3) is 0 Å². The lowest BCUT2D eigenvalue weighted by atomic mass is 9.97. The summed E-state index contributed by atoms with van der Waals surface area (Å²) in [5, 5.41) is 0. The lowest BCUT2D eigenvalue weighted by molar-refractivity contribution is -0.135. The Morgan fingerprint density at radius 1 is 1.13 bits per heavy atom. The van der Waals surface area contributed by atoms with Gasteiger partial charge in [-0.2, -0.15) is 4.31 Å². The number of piperidine rings is 1. The van der Waals surface area contributed by atoms with Gasteiger partial charge in [-0.05, 0) is 55.7 Å². The van der Waals surface area contributed by atoms with Crippen molar-refractivity contribution in [3.63, 3.8) is 0 Å². The van der Waals surface area contributed by atoms with Gasteiger partial charge in [0.05, 0.1) is 11.4 Å². The highest BCUT2D eigenvalue weighted by Gasteiger charge is 2.33. The average Bonchev–Trinajstić information content (AvgIpc) is 2.75. The number of sulfonamides is 1. The molecular weight excluding hydrogens is 426 g/mol. The van der Waals surface area contributed by atoms with E-state index in [-0.39, 0.29) is 29.8 Å². The van der Waals surface area contributed by atoms with Crippen LogP contribution in [0.5, 0.6) is 5.75 Å². The van der Waals surface area contributed by atoms with Crippen molar-refractivity contribution in [1.29, 1.82) is 0 Å². The highest BCUT2D eigenvalue weighted by Crippen LogP contribution is 2.26. The third-order valence-electron chi connectivity index (χ3n) is 5.39. The molecule has 0 atom stereocenters. The van der Waals surface area contributed by atoms with Gasteiger partial charge in [-0.25, -0.2) is 17.2 Å². The molecule has 2 aromatic rings. The van der Waals surface area contributed by atoms with Crippen LogP contribution in [0, 0.1) is 24.5 Å². The summed E-state index contributed by atoms with van der Waals surface area (Å²) in [7, 11) is -2.24. The zero-order valence-corrected chi connectivity index (χ0v) is 18.4. The van der Waals surface area contributed by atoms with Crippen LogP contribution >= 0.6 is 0 Å². The van der Waals surface area contributed by atoms with Crippen LogP contribution in [-0.4, -0.2) is 56.8 Å². The summed E-state index contributed by atoms with van der Waals surface area (Å²) >= 11 is 0. The van der Waals surface area contributed by atoms with Crippen LogP contribution in [0.2, 0.25) is 0 Å². The van der Waals surface area contributed by atoms with Crippen molar-refractivity contribution in [1.82, 2.24) is 9.21 Å². The molecule has 1 aliphatic rings. The summed E-state index contributed by atoms with van der Waals surface area (Å²) in [4.78, 5) is 14.0. The SMILES string of the molecule is Cc1cccc(OCCN(C)C(=O)C2CCN(S(=O)(=O)c3ccc(F)c(F)c3)CC2)c1. The number of amides is 1. The van der Waals surface area contributed by atoms with Crippen molar-refractivity contribution in [3.8, 4) is 5.75 Å². The molecule has 0 aliphatic carbocycles. The van der Waals surface area contributed by atoms with Crippen molar-refractivity contribution in [2.24, 2.45) is 5.92 Å². The largest absolute Gasteiger partial charge is 0.492 e. The summed E-state index contributed by atoms with van der Waals surface area (Å²) in [5.41, 5.74) is 1.09. The maximum Gasteiger partial charge on any atom is 0.243 e. The standard InChI is InChI=1S/C22H26F2N2O4S/c1-16-4-3-5-18(14-16)30-13-12-25(2)22(27)17-8-10-26(11-9-17)31(28,29)19-6-7-20(23)21(24)15-19/h3-7,14-15,17H,8-13H2,1-2H3. The first kappa shape index (κ1) is 23.1. The average molecular weight is 453 g/mol. The molecule has 168 valence electrons. The minimum absolute atomic E-state index is 0.0577. The molecule has 1 amide bonds. The minimum Gasteiger partial charge on any atom is -0.492 e. The molecule has 0 saturated carbocycles. The van der Waals surface area contributed by atoms with Crippen LogP contribution in [0.4, 0.5) is 8.78 Å². The second-order valence-corrected chi connectivity index (χ2v) is 9.62. The van der Waals surface area contributed by atoms with E-state index in [9.17, 15) is 22.0 Å². The van der Waals surface area contributed by atoms with Crippen LogP contribution in [-0.2, 0) is 14.8 Å². The fourth-order valence-corrected chi connectivity index (χ4v) is 5.04. The molecule has 3 rings (SSSR count). The Hall–Kier alpha value is -2.52. The molecule has 0 spiro atoms. The van der Waals surface area contributed by atoms with Crippen LogP contribution < -0.4 is 4.74 Å². The molecule has 0 unspecified atom stereocenters. The van der Waals surface area contributed by atoms with E-state index in [1.807, 2.05) is 31.2 Å². The van der Waals surface area contributed by atoms with Gasteiger partial charge in [0.2, 0.25) is 15.9 Å². The number of aryl methyl sites for hydroxylation is 1. The minimum atomic E-state index is -3.94. The van der Waals surface area contributed by atoms with Crippen molar-refractivity contribution in [2.45, 2.75) is 24.7 Å². The number of carbonyl (C=O) groups is 1. The van der Waals surface area contributed by atoms with Crippen LogP contribution in [0.15, 0.2) is 47.4 Å². The normalized spacial score (nSPS) is 15.6. The molecule has 0 N–H and O–H groups in total. The molecule has 1 saturated heterocycles. The summed E-state index contributed by atoms with van der Waals surface area (Å²) < 4.78 is 58.8. The van der Waals surface area contributed by atoms with E-state index in [0.717, 1.165) is 23.4 Å². The molecule has 1 heterocycles. The van der Waals surface area contributed by atoms with E-state index in [4.69, 9.17) is 4.74 Å². The number of rotatable bonds is 7. The van der Waals surface area contributed by atoms with E-state index in [2.05, 4.69) is 0 Å². The predicted molar refractivity (Wildman–Crippen MR) is 112 cm³/mol. The Kier molecular flexibility index (Phi) is 7.27. The van der Waals surface area contributed by atoms with E-state index >= 15 is 0 Å². The summed E-state index contributed by atoms with van der Waals surface area (Å²) in [6.07, 6.45) is 0.732. The molecule has 6 nitrogen and oxygen atoms in total. The summed E-state index contributed by atoms with van der Waals surface area (Å²) in [6.45, 7) is 3.04. The Morgan fingerprint density at radius 2 is 1.84 bits per heavy atom. The maximum atomic E-state index is 13.4. The first-order valence-electron chi connectivity index (χ1n) is 10.1.